The quantitative estimate of drug-likeness (QED) is 0.628. The molecule has 32 heavy (non-hydrogen) atoms. The first-order valence-corrected chi connectivity index (χ1v) is 11.1. The molecule has 2 aromatic rings. The minimum Gasteiger partial charge on any atom is -0.480 e. The van der Waals surface area contributed by atoms with Crippen molar-refractivity contribution in [2.45, 2.75) is 56.6 Å². The Labute approximate surface area is 186 Å². The first kappa shape index (κ1) is 21.9. The largest absolute Gasteiger partial charge is 0.480 e. The summed E-state index contributed by atoms with van der Waals surface area (Å²) in [5.41, 5.74) is 4.33. The van der Waals surface area contributed by atoms with Gasteiger partial charge < -0.3 is 19.9 Å². The van der Waals surface area contributed by atoms with Crippen molar-refractivity contribution >= 4 is 18.0 Å². The molecule has 7 nitrogen and oxygen atoms in total. The number of aliphatic carboxylic acids is 1. The summed E-state index contributed by atoms with van der Waals surface area (Å²) in [4.78, 5) is 36.1. The average Bonchev–Trinajstić information content (AvgIpc) is 3.11. The molecular weight excluding hydrogens is 410 g/mol. The second-order valence-electron chi connectivity index (χ2n) is 8.31. The summed E-state index contributed by atoms with van der Waals surface area (Å²) >= 11 is 0. The Hall–Kier alpha value is -3.35. The molecule has 2 N–H and O–H groups in total. The standard InChI is InChI=1S/C25H27NO6/c27-23(32-16-8-2-1-3-9-16)14-22(24(28)29)26-25(30)31-15-21-19-12-6-4-10-17(19)18-11-5-7-13-20(18)21/h4-7,10-13,16,21-22H,1-3,8-9,14-15H2,(H,26,30)(H,28,29)/t22-/m0/s1. The van der Waals surface area contributed by atoms with Gasteiger partial charge >= 0.3 is 18.0 Å². The van der Waals surface area contributed by atoms with Crippen LogP contribution >= 0.6 is 0 Å². The van der Waals surface area contributed by atoms with Crippen LogP contribution in [0.15, 0.2) is 48.5 Å². The van der Waals surface area contributed by atoms with Crippen molar-refractivity contribution in [1.82, 2.24) is 5.32 Å². The van der Waals surface area contributed by atoms with Gasteiger partial charge in [0.1, 0.15) is 18.8 Å². The van der Waals surface area contributed by atoms with Gasteiger partial charge in [0, 0.05) is 5.92 Å². The molecule has 0 bridgehead atoms. The summed E-state index contributed by atoms with van der Waals surface area (Å²) < 4.78 is 10.8. The Morgan fingerprint density at radius 3 is 2.12 bits per heavy atom. The molecule has 0 aromatic heterocycles. The third kappa shape index (κ3) is 4.93. The van der Waals surface area contributed by atoms with Crippen molar-refractivity contribution in [3.63, 3.8) is 0 Å². The number of esters is 1. The van der Waals surface area contributed by atoms with E-state index in [-0.39, 0.29) is 18.6 Å². The second-order valence-corrected chi connectivity index (χ2v) is 8.31. The summed E-state index contributed by atoms with van der Waals surface area (Å²) in [6, 6.07) is 14.5. The van der Waals surface area contributed by atoms with Crippen LogP contribution in [-0.4, -0.2) is 41.9 Å². The summed E-state index contributed by atoms with van der Waals surface area (Å²) in [6.07, 6.45) is 3.24. The summed E-state index contributed by atoms with van der Waals surface area (Å²) in [5, 5.41) is 11.7. The highest BCUT2D eigenvalue weighted by Gasteiger charge is 2.30. The average molecular weight is 437 g/mol. The predicted octanol–water partition coefficient (Wildman–Crippen LogP) is 4.24. The van der Waals surface area contributed by atoms with Crippen LogP contribution in [0, 0.1) is 0 Å². The number of rotatable bonds is 7. The van der Waals surface area contributed by atoms with Gasteiger partial charge in [-0.1, -0.05) is 55.0 Å². The van der Waals surface area contributed by atoms with E-state index < -0.39 is 30.5 Å². The van der Waals surface area contributed by atoms with Crippen molar-refractivity contribution in [3.8, 4) is 11.1 Å². The fraction of sp³-hybridized carbons (Fsp3) is 0.400. The molecule has 2 aromatic carbocycles. The molecule has 0 saturated heterocycles. The van der Waals surface area contributed by atoms with E-state index in [2.05, 4.69) is 5.32 Å². The number of benzene rings is 2. The van der Waals surface area contributed by atoms with Gasteiger partial charge in [-0.15, -0.1) is 0 Å². The number of hydrogen-bond donors (Lipinski definition) is 2. The maximum atomic E-state index is 12.4. The third-order valence-electron chi connectivity index (χ3n) is 6.15. The number of fused-ring (bicyclic) bond motifs is 3. The minimum atomic E-state index is -1.40. The summed E-state index contributed by atoms with van der Waals surface area (Å²) in [5.74, 6) is -2.06. The summed E-state index contributed by atoms with van der Waals surface area (Å²) in [6.45, 7) is 0.0682. The molecule has 168 valence electrons. The smallest absolute Gasteiger partial charge is 0.407 e. The first-order valence-electron chi connectivity index (χ1n) is 11.1. The lowest BCUT2D eigenvalue weighted by Gasteiger charge is -2.23. The van der Waals surface area contributed by atoms with E-state index in [1.54, 1.807) is 0 Å². The van der Waals surface area contributed by atoms with E-state index in [1.165, 1.54) is 0 Å². The molecule has 0 spiro atoms. The lowest BCUT2D eigenvalue weighted by molar-refractivity contribution is -0.154. The molecule has 0 aliphatic heterocycles. The minimum absolute atomic E-state index is 0.0682. The Morgan fingerprint density at radius 1 is 0.938 bits per heavy atom. The Balaban J connectivity index is 1.34. The molecule has 4 rings (SSSR count). The lowest BCUT2D eigenvalue weighted by atomic mass is 9.98. The van der Waals surface area contributed by atoms with E-state index in [1.807, 2.05) is 48.5 Å². The van der Waals surface area contributed by atoms with Crippen molar-refractivity contribution in [2.75, 3.05) is 6.61 Å². The van der Waals surface area contributed by atoms with E-state index in [4.69, 9.17) is 9.47 Å². The fourth-order valence-corrected chi connectivity index (χ4v) is 4.57. The number of carbonyl (C=O) groups is 3. The number of nitrogens with one attached hydrogen (secondary N) is 1. The molecule has 1 fully saturated rings. The van der Waals surface area contributed by atoms with Crippen LogP contribution in [0.3, 0.4) is 0 Å². The van der Waals surface area contributed by atoms with Gasteiger partial charge in [0.2, 0.25) is 0 Å². The van der Waals surface area contributed by atoms with Gasteiger partial charge in [0.25, 0.3) is 0 Å². The Morgan fingerprint density at radius 2 is 1.53 bits per heavy atom. The Bertz CT molecular complexity index is 952. The molecule has 1 atom stereocenters. The van der Waals surface area contributed by atoms with Crippen LogP contribution in [0.2, 0.25) is 0 Å². The highest BCUT2D eigenvalue weighted by Crippen LogP contribution is 2.44. The lowest BCUT2D eigenvalue weighted by Crippen LogP contribution is -2.43. The van der Waals surface area contributed by atoms with Gasteiger partial charge in [0.05, 0.1) is 6.42 Å². The molecule has 1 amide bonds. The zero-order valence-electron chi connectivity index (χ0n) is 17.8. The topological polar surface area (TPSA) is 102 Å². The van der Waals surface area contributed by atoms with Crippen molar-refractivity contribution in [1.29, 1.82) is 0 Å². The van der Waals surface area contributed by atoms with Crippen LogP contribution in [0.5, 0.6) is 0 Å². The van der Waals surface area contributed by atoms with E-state index in [0.29, 0.717) is 0 Å². The van der Waals surface area contributed by atoms with Gasteiger partial charge in [-0.05, 0) is 47.9 Å². The van der Waals surface area contributed by atoms with E-state index in [9.17, 15) is 19.5 Å². The molecule has 0 heterocycles. The SMILES string of the molecule is O=C(C[C@H](NC(=O)OCC1c2ccccc2-c2ccccc21)C(=O)O)OC1CCCCC1. The molecular formula is C25H27NO6. The molecule has 1 saturated carbocycles. The second kappa shape index (κ2) is 9.85. The number of carbonyl (C=O) groups excluding carboxylic acids is 2. The number of alkyl carbamates (subject to hydrolysis) is 1. The van der Waals surface area contributed by atoms with Crippen molar-refractivity contribution in [3.05, 3.63) is 59.7 Å². The van der Waals surface area contributed by atoms with Crippen molar-refractivity contribution < 1.29 is 29.0 Å². The van der Waals surface area contributed by atoms with Gasteiger partial charge in [-0.3, -0.25) is 4.79 Å². The zero-order chi connectivity index (χ0) is 22.5. The fourth-order valence-electron chi connectivity index (χ4n) is 4.57. The number of amides is 1. The highest BCUT2D eigenvalue weighted by atomic mass is 16.6. The van der Waals surface area contributed by atoms with Gasteiger partial charge in [-0.2, -0.15) is 0 Å². The van der Waals surface area contributed by atoms with Crippen molar-refractivity contribution in [2.24, 2.45) is 0 Å². The normalized spacial score (nSPS) is 16.5. The predicted molar refractivity (Wildman–Crippen MR) is 117 cm³/mol. The maximum absolute atomic E-state index is 12.4. The maximum Gasteiger partial charge on any atom is 0.407 e. The van der Waals surface area contributed by atoms with E-state index in [0.717, 1.165) is 54.4 Å². The molecule has 2 aliphatic rings. The molecule has 2 aliphatic carbocycles. The number of ether oxygens (including phenoxy) is 2. The Kier molecular flexibility index (Phi) is 6.73. The van der Waals surface area contributed by atoms with Crippen LogP contribution < -0.4 is 5.32 Å². The number of carboxylic acids is 1. The molecule has 0 radical (unpaired) electrons. The first-order chi connectivity index (χ1) is 15.5. The van der Waals surface area contributed by atoms with Crippen LogP contribution in [0.1, 0.15) is 55.6 Å². The van der Waals surface area contributed by atoms with Crippen LogP contribution in [0.25, 0.3) is 11.1 Å². The summed E-state index contributed by atoms with van der Waals surface area (Å²) in [7, 11) is 0. The monoisotopic (exact) mass is 437 g/mol. The van der Waals surface area contributed by atoms with Gasteiger partial charge in [0.15, 0.2) is 0 Å². The molecule has 0 unspecified atom stereocenters. The highest BCUT2D eigenvalue weighted by molar-refractivity contribution is 5.85. The van der Waals surface area contributed by atoms with E-state index >= 15 is 0 Å². The third-order valence-corrected chi connectivity index (χ3v) is 6.15. The van der Waals surface area contributed by atoms with Crippen LogP contribution in [0.4, 0.5) is 4.79 Å². The van der Waals surface area contributed by atoms with Crippen LogP contribution in [-0.2, 0) is 19.1 Å². The molecule has 7 heteroatoms. The zero-order valence-corrected chi connectivity index (χ0v) is 17.8. The number of hydrogen-bond acceptors (Lipinski definition) is 5. The van der Waals surface area contributed by atoms with Gasteiger partial charge in [-0.25, -0.2) is 9.59 Å². The number of carboxylic acid groups (broad SMARTS) is 1.